The third kappa shape index (κ3) is 7.27. The minimum atomic E-state index is -0.963. The van der Waals surface area contributed by atoms with Crippen LogP contribution in [0.25, 0.3) is 22.9 Å². The number of aromatic nitrogens is 2. The van der Waals surface area contributed by atoms with Crippen molar-refractivity contribution in [3.05, 3.63) is 82.5 Å². The molecule has 2 aromatic carbocycles. The van der Waals surface area contributed by atoms with Gasteiger partial charge in [-0.1, -0.05) is 23.4 Å². The van der Waals surface area contributed by atoms with Crippen LogP contribution in [0.3, 0.4) is 0 Å². The minimum absolute atomic E-state index is 0.0980. The number of piperazine rings is 1. The molecule has 4 aromatic rings. The van der Waals surface area contributed by atoms with E-state index in [2.05, 4.69) is 25.3 Å². The SMILES string of the molecule is O=C1CCC(N2C(=O)c3ccc(N4CCN(CCCOC5CC(Oc6ccc(/C=C/c7cc(-c8nccs8)on7)cc6)C5)CC4)cc3C2=O)C(=O)N1. The Bertz CT molecular complexity index is 1980. The Kier molecular flexibility index (Phi) is 9.67. The zero-order valence-corrected chi connectivity index (χ0v) is 29.3. The number of rotatable bonds is 12. The molecule has 2 saturated heterocycles. The molecule has 8 rings (SSSR count). The average Bonchev–Trinajstić information content (AvgIpc) is 3.90. The van der Waals surface area contributed by atoms with Crippen LogP contribution in [-0.4, -0.2) is 101 Å². The molecule has 4 aliphatic rings. The molecule has 13 nitrogen and oxygen atoms in total. The number of hydrogen-bond donors (Lipinski definition) is 1. The van der Waals surface area contributed by atoms with E-state index in [-0.39, 0.29) is 31.0 Å². The largest absolute Gasteiger partial charge is 0.490 e. The lowest BCUT2D eigenvalue weighted by atomic mass is 9.92. The first kappa shape index (κ1) is 33.9. The summed E-state index contributed by atoms with van der Waals surface area (Å²) in [5.41, 5.74) is 3.27. The van der Waals surface area contributed by atoms with Gasteiger partial charge in [0.25, 0.3) is 11.8 Å². The van der Waals surface area contributed by atoms with Gasteiger partial charge in [-0.05, 0) is 54.8 Å². The van der Waals surface area contributed by atoms with Crippen LogP contribution in [0.5, 0.6) is 5.75 Å². The molecule has 52 heavy (non-hydrogen) atoms. The Labute approximate surface area is 304 Å². The number of ether oxygens (including phenoxy) is 2. The Morgan fingerprint density at radius 3 is 2.50 bits per heavy atom. The second-order valence-electron chi connectivity index (χ2n) is 13.4. The van der Waals surface area contributed by atoms with Crippen molar-refractivity contribution in [1.29, 1.82) is 0 Å². The topological polar surface area (TPSA) is 147 Å². The van der Waals surface area contributed by atoms with E-state index in [0.29, 0.717) is 23.5 Å². The fraction of sp³-hybridized carbons (Fsp3) is 0.368. The maximum atomic E-state index is 13.2. The van der Waals surface area contributed by atoms with Crippen LogP contribution < -0.4 is 15.0 Å². The Balaban J connectivity index is 0.718. The maximum Gasteiger partial charge on any atom is 0.262 e. The van der Waals surface area contributed by atoms with Gasteiger partial charge in [0, 0.05) is 81.9 Å². The lowest BCUT2D eigenvalue weighted by molar-refractivity contribution is -0.136. The molecule has 1 unspecified atom stereocenters. The van der Waals surface area contributed by atoms with Crippen molar-refractivity contribution >= 4 is 52.8 Å². The Morgan fingerprint density at radius 2 is 1.73 bits per heavy atom. The highest BCUT2D eigenvalue weighted by Gasteiger charge is 2.44. The minimum Gasteiger partial charge on any atom is -0.490 e. The van der Waals surface area contributed by atoms with E-state index in [1.807, 2.05) is 53.9 Å². The second kappa shape index (κ2) is 14.8. The summed E-state index contributed by atoms with van der Waals surface area (Å²) in [5.74, 6) is -0.449. The molecule has 1 saturated carbocycles. The van der Waals surface area contributed by atoms with Gasteiger partial charge in [0.15, 0.2) is 10.8 Å². The lowest BCUT2D eigenvalue weighted by Gasteiger charge is -2.37. The van der Waals surface area contributed by atoms with Crippen LogP contribution in [0.2, 0.25) is 0 Å². The summed E-state index contributed by atoms with van der Waals surface area (Å²) in [5, 5.41) is 9.04. The van der Waals surface area contributed by atoms with Gasteiger partial charge in [-0.15, -0.1) is 11.3 Å². The van der Waals surface area contributed by atoms with Crippen molar-refractivity contribution in [2.24, 2.45) is 0 Å². The molecule has 1 atom stereocenters. The zero-order chi connectivity index (χ0) is 35.6. The summed E-state index contributed by atoms with van der Waals surface area (Å²) in [6.45, 7) is 5.02. The van der Waals surface area contributed by atoms with Crippen molar-refractivity contribution in [3.8, 4) is 16.5 Å². The number of benzene rings is 2. The van der Waals surface area contributed by atoms with Crippen molar-refractivity contribution < 1.29 is 33.2 Å². The molecule has 14 heteroatoms. The van der Waals surface area contributed by atoms with Gasteiger partial charge in [-0.25, -0.2) is 4.98 Å². The summed E-state index contributed by atoms with van der Waals surface area (Å²) in [4.78, 5) is 60.1. The normalized spacial score (nSPS) is 22.2. The van der Waals surface area contributed by atoms with Crippen molar-refractivity contribution in [2.75, 3.05) is 44.2 Å². The van der Waals surface area contributed by atoms with Crippen LogP contribution in [-0.2, 0) is 14.3 Å². The third-order valence-electron chi connectivity index (χ3n) is 9.99. The summed E-state index contributed by atoms with van der Waals surface area (Å²) >= 11 is 1.51. The Hall–Kier alpha value is -5.18. The highest BCUT2D eigenvalue weighted by molar-refractivity contribution is 7.13. The molecule has 3 aliphatic heterocycles. The molecule has 0 spiro atoms. The number of hydrogen-bond acceptors (Lipinski definition) is 12. The predicted molar refractivity (Wildman–Crippen MR) is 193 cm³/mol. The zero-order valence-electron chi connectivity index (χ0n) is 28.4. The van der Waals surface area contributed by atoms with E-state index in [1.54, 1.807) is 18.3 Å². The quantitative estimate of drug-likeness (QED) is 0.163. The fourth-order valence-corrected chi connectivity index (χ4v) is 7.60. The summed E-state index contributed by atoms with van der Waals surface area (Å²) < 4.78 is 17.7. The lowest BCUT2D eigenvalue weighted by Crippen LogP contribution is -2.54. The highest BCUT2D eigenvalue weighted by Crippen LogP contribution is 2.32. The van der Waals surface area contributed by atoms with Crippen molar-refractivity contribution in [2.45, 2.75) is 50.4 Å². The molecule has 0 radical (unpaired) electrons. The Morgan fingerprint density at radius 1 is 0.923 bits per heavy atom. The predicted octanol–water partition coefficient (Wildman–Crippen LogP) is 4.51. The van der Waals surface area contributed by atoms with E-state index >= 15 is 0 Å². The maximum absolute atomic E-state index is 13.2. The fourth-order valence-electron chi connectivity index (χ4n) is 7.02. The number of piperidine rings is 1. The van der Waals surface area contributed by atoms with Crippen LogP contribution in [0.1, 0.15) is 64.1 Å². The van der Waals surface area contributed by atoms with Gasteiger partial charge in [0.2, 0.25) is 11.8 Å². The summed E-state index contributed by atoms with van der Waals surface area (Å²) in [6.07, 6.45) is 8.98. The molecule has 268 valence electrons. The van der Waals surface area contributed by atoms with Gasteiger partial charge in [0.1, 0.15) is 23.6 Å². The molecule has 1 aliphatic carbocycles. The molecule has 2 aromatic heterocycles. The number of anilines is 1. The molecule has 3 fully saturated rings. The third-order valence-corrected chi connectivity index (χ3v) is 10.8. The van der Waals surface area contributed by atoms with Gasteiger partial charge in [0.05, 0.1) is 17.2 Å². The van der Waals surface area contributed by atoms with Crippen LogP contribution in [0.4, 0.5) is 5.69 Å². The van der Waals surface area contributed by atoms with Gasteiger partial charge in [-0.3, -0.25) is 34.3 Å². The van der Waals surface area contributed by atoms with E-state index in [9.17, 15) is 19.2 Å². The van der Waals surface area contributed by atoms with Gasteiger partial charge in [-0.2, -0.15) is 0 Å². The van der Waals surface area contributed by atoms with Crippen molar-refractivity contribution in [1.82, 2.24) is 25.3 Å². The number of thiazole rings is 1. The number of carbonyl (C=O) groups is 4. The first-order valence-corrected chi connectivity index (χ1v) is 18.5. The molecular weight excluding hydrogens is 685 g/mol. The van der Waals surface area contributed by atoms with E-state index in [0.717, 1.165) is 84.6 Å². The molecule has 0 bridgehead atoms. The van der Waals surface area contributed by atoms with E-state index < -0.39 is 23.8 Å². The number of nitrogens with one attached hydrogen (secondary N) is 1. The number of nitrogens with zero attached hydrogens (tertiary/aromatic N) is 5. The van der Waals surface area contributed by atoms with Crippen LogP contribution >= 0.6 is 11.3 Å². The van der Waals surface area contributed by atoms with Gasteiger partial charge >= 0.3 is 0 Å². The number of carbonyl (C=O) groups excluding carboxylic acids is 4. The van der Waals surface area contributed by atoms with E-state index in [1.165, 1.54) is 11.3 Å². The molecule has 1 N–H and O–H groups in total. The summed E-state index contributed by atoms with van der Waals surface area (Å²) in [7, 11) is 0. The smallest absolute Gasteiger partial charge is 0.262 e. The first-order chi connectivity index (χ1) is 25.4. The van der Waals surface area contributed by atoms with Crippen LogP contribution in [0.15, 0.2) is 64.6 Å². The number of fused-ring (bicyclic) bond motifs is 1. The first-order valence-electron chi connectivity index (χ1n) is 17.6. The average molecular weight is 723 g/mol. The molecule has 5 heterocycles. The highest BCUT2D eigenvalue weighted by atomic mass is 32.1. The van der Waals surface area contributed by atoms with Gasteiger partial charge < -0.3 is 18.9 Å². The second-order valence-corrected chi connectivity index (χ2v) is 14.3. The van der Waals surface area contributed by atoms with E-state index in [4.69, 9.17) is 14.0 Å². The number of imide groups is 2. The van der Waals surface area contributed by atoms with Crippen LogP contribution in [0, 0.1) is 0 Å². The summed E-state index contributed by atoms with van der Waals surface area (Å²) in [6, 6.07) is 14.2. The molecular formula is C38H38N6O7S. The van der Waals surface area contributed by atoms with Crippen molar-refractivity contribution in [3.63, 3.8) is 0 Å². The standard InChI is InChI=1S/C38H38N6O7S/c45-34-11-10-32(35(46)40-34)44-37(47)30-9-6-26(21-31(30)38(44)48)43-16-14-42(15-17-43)13-1-18-49-28-22-29(23-28)50-27-7-3-24(4-8-27)2-5-25-20-33(51-41-25)36-39-12-19-52-36/h2-9,12,19-21,28-29,32H,1,10-11,13-18,22-23H2,(H,40,45,46)/b5-2+. The number of amides is 4. The molecule has 4 amide bonds. The monoisotopic (exact) mass is 722 g/mol.